The van der Waals surface area contributed by atoms with E-state index in [1.165, 1.54) is 11.6 Å². The average Bonchev–Trinajstić information content (AvgIpc) is 3.55. The Morgan fingerprint density at radius 1 is 1.00 bits per heavy atom. The van der Waals surface area contributed by atoms with E-state index in [1.54, 1.807) is 20.2 Å². The van der Waals surface area contributed by atoms with Gasteiger partial charge in [0.15, 0.2) is 0 Å². The lowest BCUT2D eigenvalue weighted by molar-refractivity contribution is -0.142. The second-order valence-electron chi connectivity index (χ2n) is 8.54. The molecule has 6 nitrogen and oxygen atoms in total. The number of benzene rings is 2. The Kier molecular flexibility index (Phi) is 9.67. The van der Waals surface area contributed by atoms with Crippen LogP contribution in [0, 0.1) is 0 Å². The minimum Gasteiger partial charge on any atom is -0.361 e. The Morgan fingerprint density at radius 3 is 2.25 bits per heavy atom. The normalized spacial score (nSPS) is 16.6. The average molecular weight is 564 g/mol. The van der Waals surface area contributed by atoms with Crippen LogP contribution in [-0.2, 0) is 18.8 Å². The van der Waals surface area contributed by atoms with E-state index in [4.69, 9.17) is 4.52 Å². The number of rotatable bonds is 5. The molecule has 40 heavy (non-hydrogen) atoms. The molecular weight excluding hydrogens is 536 g/mol. The Bertz CT molecular complexity index is 1420. The number of guanidine groups is 1. The van der Waals surface area contributed by atoms with Crippen LogP contribution >= 0.6 is 0 Å². The molecule has 0 bridgehead atoms. The third kappa shape index (κ3) is 7.67. The Balaban J connectivity index is 0.000000222. The van der Waals surface area contributed by atoms with E-state index >= 15 is 0 Å². The fraction of sp³-hybridized carbons (Fsp3) is 0.286. The van der Waals surface area contributed by atoms with Gasteiger partial charge in [0.25, 0.3) is 0 Å². The molecule has 0 saturated heterocycles. The second-order valence-corrected chi connectivity index (χ2v) is 8.54. The van der Waals surface area contributed by atoms with Crippen molar-refractivity contribution in [3.05, 3.63) is 88.8 Å². The predicted molar refractivity (Wildman–Crippen MR) is 142 cm³/mol. The van der Waals surface area contributed by atoms with Gasteiger partial charge in [0.2, 0.25) is 5.96 Å². The molecule has 1 aromatic heterocycles. The lowest BCUT2D eigenvalue weighted by Gasteiger charge is -2.14. The fourth-order valence-corrected chi connectivity index (χ4v) is 3.66. The van der Waals surface area contributed by atoms with Gasteiger partial charge in [0.1, 0.15) is 17.2 Å². The highest BCUT2D eigenvalue weighted by atomic mass is 19.4. The van der Waals surface area contributed by atoms with Gasteiger partial charge in [-0.1, -0.05) is 54.6 Å². The zero-order valence-electron chi connectivity index (χ0n) is 22.1. The van der Waals surface area contributed by atoms with Crippen molar-refractivity contribution in [1.29, 1.82) is 0 Å². The summed E-state index contributed by atoms with van der Waals surface area (Å²) in [6, 6.07) is 12.9. The summed E-state index contributed by atoms with van der Waals surface area (Å²) in [7, 11) is 1.73. The molecule has 12 heteroatoms. The highest BCUT2D eigenvalue weighted by molar-refractivity contribution is 6.42. The van der Waals surface area contributed by atoms with E-state index in [0.717, 1.165) is 17.5 Å². The molecule has 1 aliphatic heterocycles. The van der Waals surface area contributed by atoms with E-state index in [0.29, 0.717) is 24.2 Å². The van der Waals surface area contributed by atoms with E-state index in [2.05, 4.69) is 44.5 Å². The van der Waals surface area contributed by atoms with Crippen LogP contribution in [0.25, 0.3) is 11.3 Å². The fourth-order valence-electron chi connectivity index (χ4n) is 3.66. The summed E-state index contributed by atoms with van der Waals surface area (Å²) in [6.45, 7) is 5.73. The van der Waals surface area contributed by atoms with E-state index < -0.39 is 29.0 Å². The molecule has 1 atom stereocenters. The quantitative estimate of drug-likeness (QED) is 0.255. The van der Waals surface area contributed by atoms with Crippen LogP contribution in [0.4, 0.5) is 26.3 Å². The first-order chi connectivity index (χ1) is 18.9. The number of hydrogen-bond acceptors (Lipinski definition) is 4. The molecule has 0 aliphatic carbocycles. The SMILES string of the molecule is C/C=C1/NC(=NC(C)c2ccccc2)N=C1C=NC.CCc1cc(-c2ccc(C(F)(F)F)cc2C(F)(F)F)no1. The van der Waals surface area contributed by atoms with Gasteiger partial charge < -0.3 is 9.84 Å². The maximum absolute atomic E-state index is 13.0. The monoisotopic (exact) mass is 563 g/mol. The molecule has 2 aromatic carbocycles. The van der Waals surface area contributed by atoms with Crippen molar-refractivity contribution in [3.63, 3.8) is 0 Å². The molecule has 0 radical (unpaired) electrons. The molecule has 3 aromatic rings. The molecule has 0 fully saturated rings. The lowest BCUT2D eigenvalue weighted by Crippen LogP contribution is -2.17. The van der Waals surface area contributed by atoms with Crippen molar-refractivity contribution < 1.29 is 30.9 Å². The van der Waals surface area contributed by atoms with Crippen molar-refractivity contribution in [2.24, 2.45) is 15.0 Å². The van der Waals surface area contributed by atoms with Crippen LogP contribution < -0.4 is 5.32 Å². The molecule has 0 amide bonds. The highest BCUT2D eigenvalue weighted by Gasteiger charge is 2.38. The summed E-state index contributed by atoms with van der Waals surface area (Å²) in [4.78, 5) is 13.0. The smallest absolute Gasteiger partial charge is 0.361 e. The number of hydrogen-bond donors (Lipinski definition) is 1. The van der Waals surface area contributed by atoms with Crippen molar-refractivity contribution >= 4 is 17.9 Å². The summed E-state index contributed by atoms with van der Waals surface area (Å²) < 4.78 is 81.3. The number of nitrogens with one attached hydrogen (secondary N) is 1. The van der Waals surface area contributed by atoms with E-state index in [-0.39, 0.29) is 17.8 Å². The molecule has 212 valence electrons. The second kappa shape index (κ2) is 12.8. The molecular formula is C28H27F6N5O. The number of halogens is 6. The van der Waals surface area contributed by atoms with Crippen molar-refractivity contribution in [3.8, 4) is 11.3 Å². The topological polar surface area (TPSA) is 75.1 Å². The largest absolute Gasteiger partial charge is 0.417 e. The standard InChI is InChI=1S/C15H18N4.C13H9F6NO/c1-4-13-14(10-16-3)19-15(18-13)17-11(2)12-8-6-5-7-9-12;1-2-8-6-11(20-21-8)9-4-3-7(12(14,15)16)5-10(9)13(17,18)19/h4-11H,1-3H3,(H,17,18);3-6H,2H2,1H3/b13-4+,16-10?;. The van der Waals surface area contributed by atoms with Crippen LogP contribution in [0.1, 0.15) is 49.3 Å². The third-order valence-electron chi connectivity index (χ3n) is 5.72. The highest BCUT2D eigenvalue weighted by Crippen LogP contribution is 2.40. The van der Waals surface area contributed by atoms with Crippen molar-refractivity contribution in [1.82, 2.24) is 10.5 Å². The summed E-state index contributed by atoms with van der Waals surface area (Å²) >= 11 is 0. The molecule has 1 unspecified atom stereocenters. The zero-order chi connectivity index (χ0) is 29.5. The first-order valence-electron chi connectivity index (χ1n) is 12.2. The number of aryl methyl sites for hydroxylation is 1. The Labute approximate surface area is 227 Å². The van der Waals surface area contributed by atoms with Gasteiger partial charge in [0, 0.05) is 31.3 Å². The zero-order valence-corrected chi connectivity index (χ0v) is 22.1. The summed E-state index contributed by atoms with van der Waals surface area (Å²) in [5, 5.41) is 6.66. The lowest BCUT2D eigenvalue weighted by atomic mass is 10.0. The molecule has 2 heterocycles. The number of aromatic nitrogens is 1. The third-order valence-corrected chi connectivity index (χ3v) is 5.72. The van der Waals surface area contributed by atoms with Crippen LogP contribution in [0.3, 0.4) is 0 Å². The minimum absolute atomic E-state index is 0.0727. The number of allylic oxidation sites excluding steroid dienone is 2. The van der Waals surface area contributed by atoms with Crippen LogP contribution in [0.2, 0.25) is 0 Å². The minimum atomic E-state index is -4.93. The Hall–Kier alpha value is -4.22. The van der Waals surface area contributed by atoms with E-state index in [1.807, 2.05) is 31.2 Å². The van der Waals surface area contributed by atoms with Crippen LogP contribution in [0.15, 0.2) is 85.9 Å². The molecule has 4 rings (SSSR count). The maximum Gasteiger partial charge on any atom is 0.417 e. The van der Waals surface area contributed by atoms with E-state index in [9.17, 15) is 26.3 Å². The maximum atomic E-state index is 13.0. The molecule has 1 aliphatic rings. The number of aliphatic imine (C=N–C) groups is 3. The van der Waals surface area contributed by atoms with Gasteiger partial charge in [0.05, 0.1) is 22.9 Å². The van der Waals surface area contributed by atoms with Crippen molar-refractivity contribution in [2.75, 3.05) is 7.05 Å². The van der Waals surface area contributed by atoms with Gasteiger partial charge in [-0.3, -0.25) is 4.99 Å². The van der Waals surface area contributed by atoms with Gasteiger partial charge >= 0.3 is 12.4 Å². The summed E-state index contributed by atoms with van der Waals surface area (Å²) in [5.74, 6) is 0.984. The van der Waals surface area contributed by atoms with Gasteiger partial charge in [-0.15, -0.1) is 0 Å². The first kappa shape index (κ1) is 30.3. The van der Waals surface area contributed by atoms with Gasteiger partial charge in [-0.25, -0.2) is 9.98 Å². The number of alkyl halides is 6. The number of nitrogens with zero attached hydrogens (tertiary/aromatic N) is 4. The molecule has 0 spiro atoms. The summed E-state index contributed by atoms with van der Waals surface area (Å²) in [6.07, 6.45) is -5.66. The Morgan fingerprint density at radius 2 is 1.70 bits per heavy atom. The van der Waals surface area contributed by atoms with Gasteiger partial charge in [-0.2, -0.15) is 26.3 Å². The molecule has 1 N–H and O–H groups in total. The summed E-state index contributed by atoms with van der Waals surface area (Å²) in [5.41, 5.74) is -0.404. The first-order valence-corrected chi connectivity index (χ1v) is 12.2. The van der Waals surface area contributed by atoms with Crippen LogP contribution in [-0.4, -0.2) is 30.1 Å². The van der Waals surface area contributed by atoms with Crippen LogP contribution in [0.5, 0.6) is 0 Å². The molecule has 0 saturated carbocycles. The van der Waals surface area contributed by atoms with Gasteiger partial charge in [-0.05, 0) is 31.5 Å². The predicted octanol–water partition coefficient (Wildman–Crippen LogP) is 7.69. The van der Waals surface area contributed by atoms with Crippen molar-refractivity contribution in [2.45, 2.75) is 45.6 Å².